The zero-order chi connectivity index (χ0) is 10.8. The summed E-state index contributed by atoms with van der Waals surface area (Å²) in [4.78, 5) is 2.73. The number of piperidine rings is 1. The Labute approximate surface area is 99.8 Å². The van der Waals surface area contributed by atoms with Gasteiger partial charge in [-0.25, -0.2) is 0 Å². The Bertz CT molecular complexity index is 223. The molecule has 2 heterocycles. The molecule has 3 rings (SSSR count). The van der Waals surface area contributed by atoms with Crippen LogP contribution < -0.4 is 5.32 Å². The van der Waals surface area contributed by atoms with Crippen molar-refractivity contribution in [2.75, 3.05) is 32.7 Å². The topological polar surface area (TPSA) is 15.3 Å². The SMILES string of the molecule is C1CCN(CC2(CC3CC3)CCCNC2)C1. The molecule has 0 amide bonds. The second kappa shape index (κ2) is 4.66. The van der Waals surface area contributed by atoms with Gasteiger partial charge < -0.3 is 10.2 Å². The maximum Gasteiger partial charge on any atom is 0.00502 e. The third-order valence-electron chi connectivity index (χ3n) is 4.74. The second-order valence-electron chi connectivity index (χ2n) is 6.41. The molecule has 1 atom stereocenters. The molecule has 1 aliphatic carbocycles. The van der Waals surface area contributed by atoms with Crippen molar-refractivity contribution in [3.8, 4) is 0 Å². The highest BCUT2D eigenvalue weighted by molar-refractivity contribution is 4.93. The predicted octanol–water partition coefficient (Wildman–Crippen LogP) is 2.25. The monoisotopic (exact) mass is 222 g/mol. The lowest BCUT2D eigenvalue weighted by molar-refractivity contribution is 0.115. The zero-order valence-electron chi connectivity index (χ0n) is 10.5. The van der Waals surface area contributed by atoms with Crippen molar-refractivity contribution in [3.05, 3.63) is 0 Å². The van der Waals surface area contributed by atoms with Crippen molar-refractivity contribution in [3.63, 3.8) is 0 Å². The van der Waals surface area contributed by atoms with Gasteiger partial charge in [0.25, 0.3) is 0 Å². The van der Waals surface area contributed by atoms with E-state index in [0.29, 0.717) is 5.41 Å². The van der Waals surface area contributed by atoms with Crippen LogP contribution in [0.5, 0.6) is 0 Å². The van der Waals surface area contributed by atoms with Crippen LogP contribution in [0.3, 0.4) is 0 Å². The number of likely N-dealkylation sites (tertiary alicyclic amines) is 1. The molecule has 0 spiro atoms. The lowest BCUT2D eigenvalue weighted by Gasteiger charge is -2.41. The van der Waals surface area contributed by atoms with E-state index < -0.39 is 0 Å². The summed E-state index contributed by atoms with van der Waals surface area (Å²) in [5.74, 6) is 1.09. The highest BCUT2D eigenvalue weighted by Crippen LogP contribution is 2.44. The summed E-state index contributed by atoms with van der Waals surface area (Å²) in [5.41, 5.74) is 0.643. The first-order chi connectivity index (χ1) is 7.86. The minimum atomic E-state index is 0.643. The van der Waals surface area contributed by atoms with Gasteiger partial charge in [-0.3, -0.25) is 0 Å². The molecule has 2 heteroatoms. The number of hydrogen-bond donors (Lipinski definition) is 1. The largest absolute Gasteiger partial charge is 0.316 e. The van der Waals surface area contributed by atoms with Crippen molar-refractivity contribution in [1.29, 1.82) is 0 Å². The van der Waals surface area contributed by atoms with Crippen LogP contribution in [0.2, 0.25) is 0 Å². The van der Waals surface area contributed by atoms with E-state index in [1.54, 1.807) is 0 Å². The standard InChI is InChI=1S/C14H26N2/c1-2-9-16(8-1)12-14(10-13-4-5-13)6-3-7-15-11-14/h13,15H,1-12H2. The molecule has 1 unspecified atom stereocenters. The average Bonchev–Trinajstić information content (AvgIpc) is 2.94. The Morgan fingerprint density at radius 1 is 1.12 bits per heavy atom. The molecule has 92 valence electrons. The quantitative estimate of drug-likeness (QED) is 0.785. The minimum absolute atomic E-state index is 0.643. The summed E-state index contributed by atoms with van der Waals surface area (Å²) >= 11 is 0. The summed E-state index contributed by atoms with van der Waals surface area (Å²) in [6.45, 7) is 6.67. The van der Waals surface area contributed by atoms with Crippen LogP contribution in [0.25, 0.3) is 0 Å². The van der Waals surface area contributed by atoms with E-state index in [4.69, 9.17) is 0 Å². The van der Waals surface area contributed by atoms with Crippen molar-refractivity contribution in [2.24, 2.45) is 11.3 Å². The van der Waals surface area contributed by atoms with Gasteiger partial charge in [-0.15, -0.1) is 0 Å². The Morgan fingerprint density at radius 3 is 2.56 bits per heavy atom. The first-order valence-electron chi connectivity index (χ1n) is 7.29. The molecule has 2 saturated heterocycles. The van der Waals surface area contributed by atoms with E-state index in [1.165, 1.54) is 77.7 Å². The Balaban J connectivity index is 1.61. The van der Waals surface area contributed by atoms with Crippen molar-refractivity contribution >= 4 is 0 Å². The molecule has 1 saturated carbocycles. The predicted molar refractivity (Wildman–Crippen MR) is 67.6 cm³/mol. The van der Waals surface area contributed by atoms with Crippen molar-refractivity contribution in [2.45, 2.75) is 44.9 Å². The molecule has 0 aromatic carbocycles. The second-order valence-corrected chi connectivity index (χ2v) is 6.41. The smallest absolute Gasteiger partial charge is 0.00502 e. The van der Waals surface area contributed by atoms with Gasteiger partial charge in [-0.1, -0.05) is 12.8 Å². The van der Waals surface area contributed by atoms with Crippen LogP contribution in [0, 0.1) is 11.3 Å². The number of nitrogens with one attached hydrogen (secondary N) is 1. The van der Waals surface area contributed by atoms with Crippen LogP contribution in [-0.2, 0) is 0 Å². The van der Waals surface area contributed by atoms with Crippen molar-refractivity contribution < 1.29 is 0 Å². The highest BCUT2D eigenvalue weighted by Gasteiger charge is 2.39. The lowest BCUT2D eigenvalue weighted by atomic mass is 9.76. The summed E-state index contributed by atoms with van der Waals surface area (Å²) in [7, 11) is 0. The van der Waals surface area contributed by atoms with Gasteiger partial charge in [-0.05, 0) is 63.1 Å². The molecule has 2 aliphatic heterocycles. The van der Waals surface area contributed by atoms with E-state index in [0.717, 1.165) is 5.92 Å². The Hall–Kier alpha value is -0.0800. The third-order valence-corrected chi connectivity index (χ3v) is 4.74. The first kappa shape index (κ1) is 11.0. The first-order valence-corrected chi connectivity index (χ1v) is 7.29. The Kier molecular flexibility index (Phi) is 3.21. The van der Waals surface area contributed by atoms with Gasteiger partial charge in [0.2, 0.25) is 0 Å². The normalized spacial score (nSPS) is 36.8. The molecular weight excluding hydrogens is 196 g/mol. The van der Waals surface area contributed by atoms with Gasteiger partial charge in [-0.2, -0.15) is 0 Å². The molecule has 0 aromatic heterocycles. The fourth-order valence-corrected chi connectivity index (χ4v) is 3.75. The average molecular weight is 222 g/mol. The van der Waals surface area contributed by atoms with Crippen LogP contribution in [0.15, 0.2) is 0 Å². The summed E-state index contributed by atoms with van der Waals surface area (Å²) < 4.78 is 0. The third kappa shape index (κ3) is 2.60. The van der Waals surface area contributed by atoms with E-state index in [-0.39, 0.29) is 0 Å². The zero-order valence-corrected chi connectivity index (χ0v) is 10.5. The van der Waals surface area contributed by atoms with Crippen LogP contribution in [0.4, 0.5) is 0 Å². The molecule has 0 radical (unpaired) electrons. The molecule has 3 fully saturated rings. The van der Waals surface area contributed by atoms with Crippen LogP contribution in [0.1, 0.15) is 44.9 Å². The molecule has 1 N–H and O–H groups in total. The van der Waals surface area contributed by atoms with Gasteiger partial charge in [0.1, 0.15) is 0 Å². The van der Waals surface area contributed by atoms with Crippen LogP contribution >= 0.6 is 0 Å². The number of nitrogens with zero attached hydrogens (tertiary/aromatic N) is 1. The fraction of sp³-hybridized carbons (Fsp3) is 1.00. The summed E-state index contributed by atoms with van der Waals surface area (Å²) in [5, 5.41) is 3.66. The van der Waals surface area contributed by atoms with Gasteiger partial charge >= 0.3 is 0 Å². The summed E-state index contributed by atoms with van der Waals surface area (Å²) in [6.07, 6.45) is 10.3. The van der Waals surface area contributed by atoms with E-state index in [2.05, 4.69) is 10.2 Å². The van der Waals surface area contributed by atoms with E-state index >= 15 is 0 Å². The summed E-state index contributed by atoms with van der Waals surface area (Å²) in [6, 6.07) is 0. The molecule has 2 nitrogen and oxygen atoms in total. The highest BCUT2D eigenvalue weighted by atomic mass is 15.1. The van der Waals surface area contributed by atoms with Gasteiger partial charge in [0.05, 0.1) is 0 Å². The maximum atomic E-state index is 3.66. The fourth-order valence-electron chi connectivity index (χ4n) is 3.75. The van der Waals surface area contributed by atoms with Crippen molar-refractivity contribution in [1.82, 2.24) is 10.2 Å². The Morgan fingerprint density at radius 2 is 1.94 bits per heavy atom. The number of hydrogen-bond acceptors (Lipinski definition) is 2. The molecular formula is C14H26N2. The molecule has 16 heavy (non-hydrogen) atoms. The van der Waals surface area contributed by atoms with Crippen LogP contribution in [-0.4, -0.2) is 37.6 Å². The lowest BCUT2D eigenvalue weighted by Crippen LogP contribution is -2.47. The van der Waals surface area contributed by atoms with E-state index in [1.807, 2.05) is 0 Å². The van der Waals surface area contributed by atoms with E-state index in [9.17, 15) is 0 Å². The molecule has 0 bridgehead atoms. The maximum absolute atomic E-state index is 3.66. The molecule has 0 aromatic rings. The molecule has 3 aliphatic rings. The number of rotatable bonds is 4. The van der Waals surface area contributed by atoms with Gasteiger partial charge in [0.15, 0.2) is 0 Å². The van der Waals surface area contributed by atoms with Gasteiger partial charge in [0, 0.05) is 13.1 Å². The minimum Gasteiger partial charge on any atom is -0.316 e.